The van der Waals surface area contributed by atoms with Crippen molar-refractivity contribution in [3.05, 3.63) is 12.7 Å². The second kappa shape index (κ2) is 7.52. The molecule has 0 unspecified atom stereocenters. The van der Waals surface area contributed by atoms with E-state index in [9.17, 15) is 13.2 Å². The van der Waals surface area contributed by atoms with Crippen molar-refractivity contribution in [1.29, 1.82) is 0 Å². The van der Waals surface area contributed by atoms with Gasteiger partial charge in [-0.2, -0.15) is 8.42 Å². The molecule has 0 rings (SSSR count). The van der Waals surface area contributed by atoms with Gasteiger partial charge in [0.15, 0.2) is 0 Å². The molecule has 0 aromatic rings. The molecule has 72 valence electrons. The number of hydrogen-bond acceptors (Lipinski definition) is 4. The van der Waals surface area contributed by atoms with E-state index in [1.807, 2.05) is 0 Å². The van der Waals surface area contributed by atoms with E-state index in [1.165, 1.54) is 0 Å². The maximum atomic E-state index is 10.8. The van der Waals surface area contributed by atoms with Gasteiger partial charge in [0, 0.05) is 0 Å². The van der Waals surface area contributed by atoms with Gasteiger partial charge in [-0.15, -0.1) is 0 Å². The summed E-state index contributed by atoms with van der Waals surface area (Å²) in [5.74, 6) is -0.800. The molecule has 0 fully saturated rings. The summed E-state index contributed by atoms with van der Waals surface area (Å²) < 4.78 is 27.5. The monoisotopic (exact) mass is 217 g/mol. The molecule has 0 bridgehead atoms. The molecule has 0 aliphatic heterocycles. The average molecular weight is 217 g/mol. The van der Waals surface area contributed by atoms with Gasteiger partial charge in [0.1, 0.15) is 0 Å². The molecule has 0 spiro atoms. The van der Waals surface area contributed by atoms with Crippen LogP contribution in [0.2, 0.25) is 0 Å². The van der Waals surface area contributed by atoms with E-state index in [0.717, 1.165) is 6.08 Å². The van der Waals surface area contributed by atoms with Crippen molar-refractivity contribution in [2.75, 3.05) is 6.61 Å². The molecule has 0 heterocycles. The van der Waals surface area contributed by atoms with Crippen LogP contribution in [-0.4, -0.2) is 50.5 Å². The maximum absolute atomic E-state index is 10.8. The third kappa shape index (κ3) is 8.45. The van der Waals surface area contributed by atoms with E-state index in [0.29, 0.717) is 6.42 Å². The van der Waals surface area contributed by atoms with Gasteiger partial charge in [-0.25, -0.2) is 4.72 Å². The van der Waals surface area contributed by atoms with E-state index in [4.69, 9.17) is 0 Å². The number of carbonyl (C=O) groups excluding carboxylic acids is 1. The van der Waals surface area contributed by atoms with E-state index < -0.39 is 16.2 Å². The first-order chi connectivity index (χ1) is 5.52. The average Bonchev–Trinajstić information content (AvgIpc) is 2.00. The molecule has 1 amide bonds. The Morgan fingerprint density at radius 3 is 2.54 bits per heavy atom. The van der Waals surface area contributed by atoms with Crippen LogP contribution in [0.3, 0.4) is 0 Å². The van der Waals surface area contributed by atoms with Gasteiger partial charge in [-0.1, -0.05) is 13.5 Å². The van der Waals surface area contributed by atoms with Crippen molar-refractivity contribution in [2.45, 2.75) is 13.3 Å². The summed E-state index contributed by atoms with van der Waals surface area (Å²) >= 11 is 0. The molecule has 5 nitrogen and oxygen atoms in total. The van der Waals surface area contributed by atoms with Gasteiger partial charge in [0.2, 0.25) is 0 Å². The summed E-state index contributed by atoms with van der Waals surface area (Å²) in [5.41, 5.74) is 0. The summed E-state index contributed by atoms with van der Waals surface area (Å²) in [6.07, 6.45) is 1.41. The minimum absolute atomic E-state index is 0. The van der Waals surface area contributed by atoms with Crippen LogP contribution in [0.15, 0.2) is 12.7 Å². The van der Waals surface area contributed by atoms with Crippen molar-refractivity contribution in [3.8, 4) is 0 Å². The topological polar surface area (TPSA) is 72.5 Å². The van der Waals surface area contributed by atoms with E-state index in [2.05, 4.69) is 10.8 Å². The van der Waals surface area contributed by atoms with Crippen molar-refractivity contribution >= 4 is 45.8 Å². The fourth-order valence-corrected chi connectivity index (χ4v) is 1.16. The van der Waals surface area contributed by atoms with Crippen molar-refractivity contribution in [1.82, 2.24) is 4.72 Å². The second-order valence-electron chi connectivity index (χ2n) is 1.95. The summed E-state index contributed by atoms with van der Waals surface area (Å²) in [6.45, 7) is 4.90. The Morgan fingerprint density at radius 2 is 2.15 bits per heavy atom. The first-order valence-corrected chi connectivity index (χ1v) is 4.76. The Labute approximate surface area is 100 Å². The normalized spacial score (nSPS) is 9.92. The van der Waals surface area contributed by atoms with Gasteiger partial charge in [-0.05, 0) is 12.5 Å². The SMILES string of the molecule is C=CC(=O)NS(=O)(=O)OCCC.[NaH]. The Bertz CT molecular complexity index is 262. The summed E-state index contributed by atoms with van der Waals surface area (Å²) in [6, 6.07) is 0. The fourth-order valence-electron chi connectivity index (χ4n) is 0.387. The Balaban J connectivity index is 0. The van der Waals surface area contributed by atoms with Crippen LogP contribution in [0.1, 0.15) is 13.3 Å². The molecule has 13 heavy (non-hydrogen) atoms. The van der Waals surface area contributed by atoms with Gasteiger partial charge in [-0.3, -0.25) is 8.98 Å². The molecule has 0 aromatic carbocycles. The van der Waals surface area contributed by atoms with Crippen LogP contribution in [0.5, 0.6) is 0 Å². The molecule has 0 aromatic heterocycles. The number of rotatable bonds is 5. The summed E-state index contributed by atoms with van der Waals surface area (Å²) in [4.78, 5) is 10.5. The number of nitrogens with one attached hydrogen (secondary N) is 1. The van der Waals surface area contributed by atoms with E-state index in [-0.39, 0.29) is 36.2 Å². The predicted molar refractivity (Wildman–Crippen MR) is 50.7 cm³/mol. The zero-order valence-corrected chi connectivity index (χ0v) is 7.56. The van der Waals surface area contributed by atoms with Gasteiger partial charge >= 0.3 is 39.9 Å². The zero-order valence-electron chi connectivity index (χ0n) is 6.74. The van der Waals surface area contributed by atoms with Crippen LogP contribution >= 0.6 is 0 Å². The predicted octanol–water partition coefficient (Wildman–Crippen LogP) is -0.689. The quantitative estimate of drug-likeness (QED) is 0.489. The fraction of sp³-hybridized carbons (Fsp3) is 0.500. The Morgan fingerprint density at radius 1 is 1.62 bits per heavy atom. The second-order valence-corrected chi connectivity index (χ2v) is 3.29. The van der Waals surface area contributed by atoms with E-state index >= 15 is 0 Å². The molecular formula is C6H12NNaO4S. The molecule has 0 aliphatic rings. The molecule has 1 N–H and O–H groups in total. The number of amides is 1. The van der Waals surface area contributed by atoms with Crippen LogP contribution in [0, 0.1) is 0 Å². The number of carbonyl (C=O) groups is 1. The first kappa shape index (κ1) is 15.6. The van der Waals surface area contributed by atoms with Crippen LogP contribution in [-0.2, 0) is 19.3 Å². The van der Waals surface area contributed by atoms with Crippen molar-refractivity contribution in [2.24, 2.45) is 0 Å². The molecule has 0 aliphatic carbocycles. The van der Waals surface area contributed by atoms with Crippen LogP contribution in [0.4, 0.5) is 0 Å². The van der Waals surface area contributed by atoms with Crippen LogP contribution < -0.4 is 4.72 Å². The van der Waals surface area contributed by atoms with Crippen LogP contribution in [0.25, 0.3) is 0 Å². The van der Waals surface area contributed by atoms with Crippen molar-refractivity contribution < 1.29 is 17.4 Å². The standard InChI is InChI=1S/C6H11NO4S.Na.H/c1-3-5-11-12(9,10)7-6(8)4-2;;/h4H,2-3,5H2,1H3,(H,7,8);;. The first-order valence-electron chi connectivity index (χ1n) is 3.35. The van der Waals surface area contributed by atoms with E-state index in [1.54, 1.807) is 11.6 Å². The molecule has 0 saturated carbocycles. The minimum atomic E-state index is -3.93. The third-order valence-electron chi connectivity index (χ3n) is 0.854. The molecule has 0 saturated heterocycles. The molecule has 0 radical (unpaired) electrons. The zero-order chi connectivity index (χ0) is 9.61. The molecular weight excluding hydrogens is 205 g/mol. The summed E-state index contributed by atoms with van der Waals surface area (Å²) in [7, 11) is -3.93. The van der Waals surface area contributed by atoms with Gasteiger partial charge < -0.3 is 0 Å². The summed E-state index contributed by atoms with van der Waals surface area (Å²) in [5, 5.41) is 0. The number of hydrogen-bond donors (Lipinski definition) is 1. The van der Waals surface area contributed by atoms with Gasteiger partial charge in [0.25, 0.3) is 5.91 Å². The van der Waals surface area contributed by atoms with Crippen molar-refractivity contribution in [3.63, 3.8) is 0 Å². The van der Waals surface area contributed by atoms with Gasteiger partial charge in [0.05, 0.1) is 6.61 Å². The Hall–Kier alpha value is 0.120. The third-order valence-corrected chi connectivity index (χ3v) is 1.78. The molecule has 0 atom stereocenters. The molecule has 7 heteroatoms. The Kier molecular flexibility index (Phi) is 9.01.